The summed E-state index contributed by atoms with van der Waals surface area (Å²) in [5.74, 6) is 0.0406. The van der Waals surface area contributed by atoms with Crippen molar-refractivity contribution < 1.29 is 4.79 Å². The van der Waals surface area contributed by atoms with Crippen molar-refractivity contribution in [1.29, 1.82) is 0 Å². The summed E-state index contributed by atoms with van der Waals surface area (Å²) in [6.45, 7) is 0. The molecule has 74 valence electrons. The van der Waals surface area contributed by atoms with Gasteiger partial charge in [0.1, 0.15) is 0 Å². The second kappa shape index (κ2) is 3.42. The average molecular weight is 190 g/mol. The number of likely N-dealkylation sites (tertiary alicyclic amines) is 1. The number of hydrogen-bond donors (Lipinski definition) is 1. The first-order chi connectivity index (χ1) is 6.70. The molecule has 0 spiro atoms. The lowest BCUT2D eigenvalue weighted by molar-refractivity contribution is -0.128. The van der Waals surface area contributed by atoms with Crippen LogP contribution < -0.4 is 5.73 Å². The van der Waals surface area contributed by atoms with E-state index in [9.17, 15) is 4.79 Å². The van der Waals surface area contributed by atoms with Crippen LogP contribution in [-0.2, 0) is 4.79 Å². The molecule has 0 bridgehead atoms. The number of carbonyl (C=O) groups is 1. The van der Waals surface area contributed by atoms with Gasteiger partial charge in [0.25, 0.3) is 0 Å². The molecule has 1 amide bonds. The molecule has 0 radical (unpaired) electrons. The highest BCUT2D eigenvalue weighted by atomic mass is 16.2. The highest BCUT2D eigenvalue weighted by molar-refractivity contribution is 5.84. The van der Waals surface area contributed by atoms with Crippen LogP contribution in [0.3, 0.4) is 0 Å². The van der Waals surface area contributed by atoms with Crippen LogP contribution in [0.4, 0.5) is 0 Å². The van der Waals surface area contributed by atoms with Crippen molar-refractivity contribution in [2.45, 2.75) is 18.5 Å². The Morgan fingerprint density at radius 1 is 1.36 bits per heavy atom. The molecule has 2 rings (SSSR count). The summed E-state index contributed by atoms with van der Waals surface area (Å²) < 4.78 is 0. The van der Waals surface area contributed by atoms with Gasteiger partial charge in [-0.1, -0.05) is 30.3 Å². The van der Waals surface area contributed by atoms with E-state index >= 15 is 0 Å². The van der Waals surface area contributed by atoms with Crippen molar-refractivity contribution in [3.8, 4) is 0 Å². The van der Waals surface area contributed by atoms with Crippen molar-refractivity contribution in [3.05, 3.63) is 35.9 Å². The van der Waals surface area contributed by atoms with Crippen LogP contribution in [0, 0.1) is 0 Å². The zero-order chi connectivity index (χ0) is 10.1. The number of carbonyl (C=O) groups excluding carboxylic acids is 1. The Labute approximate surface area is 83.5 Å². The van der Waals surface area contributed by atoms with Crippen LogP contribution in [0.2, 0.25) is 0 Å². The van der Waals surface area contributed by atoms with E-state index in [1.165, 1.54) is 0 Å². The molecule has 1 aromatic rings. The van der Waals surface area contributed by atoms with Crippen LogP contribution in [-0.4, -0.2) is 23.9 Å². The summed E-state index contributed by atoms with van der Waals surface area (Å²) in [7, 11) is 1.81. The van der Waals surface area contributed by atoms with E-state index in [-0.39, 0.29) is 18.0 Å². The molecular formula is C11H14N2O. The molecule has 1 aliphatic heterocycles. The van der Waals surface area contributed by atoms with Gasteiger partial charge in [-0.05, 0) is 12.0 Å². The molecule has 0 saturated carbocycles. The van der Waals surface area contributed by atoms with Gasteiger partial charge in [-0.2, -0.15) is 0 Å². The Morgan fingerprint density at radius 3 is 2.50 bits per heavy atom. The number of likely N-dealkylation sites (N-methyl/N-ethyl adjacent to an activating group) is 1. The van der Waals surface area contributed by atoms with Gasteiger partial charge in [0, 0.05) is 7.05 Å². The standard InChI is InChI=1S/C11H14N2O/c1-13-10(7-9(12)11(13)14)8-5-3-2-4-6-8/h2-6,9-10H,7,12H2,1H3/t9-,10+/m1/s1. The SMILES string of the molecule is CN1C(=O)[C@H](N)C[C@H]1c1ccccc1. The number of amides is 1. The predicted octanol–water partition coefficient (Wildman–Crippen LogP) is 0.917. The van der Waals surface area contributed by atoms with Gasteiger partial charge in [-0.3, -0.25) is 4.79 Å². The van der Waals surface area contributed by atoms with E-state index in [1.54, 1.807) is 4.90 Å². The first-order valence-corrected chi connectivity index (χ1v) is 4.77. The van der Waals surface area contributed by atoms with Crippen molar-refractivity contribution in [2.75, 3.05) is 7.05 Å². The molecule has 2 atom stereocenters. The Kier molecular flexibility index (Phi) is 2.25. The molecule has 1 aromatic carbocycles. The second-order valence-corrected chi connectivity index (χ2v) is 3.72. The third kappa shape index (κ3) is 1.40. The molecule has 1 fully saturated rings. The van der Waals surface area contributed by atoms with E-state index in [4.69, 9.17) is 5.73 Å². The summed E-state index contributed by atoms with van der Waals surface area (Å²) >= 11 is 0. The Morgan fingerprint density at radius 2 is 2.00 bits per heavy atom. The molecule has 0 unspecified atom stereocenters. The number of nitrogens with two attached hydrogens (primary N) is 1. The summed E-state index contributed by atoms with van der Waals surface area (Å²) in [5, 5.41) is 0. The molecular weight excluding hydrogens is 176 g/mol. The molecule has 1 heterocycles. The minimum atomic E-state index is -0.329. The van der Waals surface area contributed by atoms with Gasteiger partial charge < -0.3 is 10.6 Å². The van der Waals surface area contributed by atoms with Crippen LogP contribution in [0.1, 0.15) is 18.0 Å². The lowest BCUT2D eigenvalue weighted by atomic mass is 10.0. The van der Waals surface area contributed by atoms with Crippen molar-refractivity contribution in [1.82, 2.24) is 4.90 Å². The van der Waals surface area contributed by atoms with Crippen LogP contribution in [0.5, 0.6) is 0 Å². The number of rotatable bonds is 1. The maximum absolute atomic E-state index is 11.5. The van der Waals surface area contributed by atoms with E-state index in [0.29, 0.717) is 0 Å². The molecule has 14 heavy (non-hydrogen) atoms. The molecule has 3 nitrogen and oxygen atoms in total. The zero-order valence-corrected chi connectivity index (χ0v) is 8.18. The Balaban J connectivity index is 2.26. The quantitative estimate of drug-likeness (QED) is 0.715. The van der Waals surface area contributed by atoms with Gasteiger partial charge in [0.15, 0.2) is 0 Å². The summed E-state index contributed by atoms with van der Waals surface area (Å²) in [5.41, 5.74) is 6.87. The van der Waals surface area contributed by atoms with Gasteiger partial charge >= 0.3 is 0 Å². The summed E-state index contributed by atoms with van der Waals surface area (Å²) in [6.07, 6.45) is 0.722. The lowest BCUT2D eigenvalue weighted by Gasteiger charge is -2.19. The maximum Gasteiger partial charge on any atom is 0.239 e. The molecule has 3 heteroatoms. The maximum atomic E-state index is 11.5. The smallest absolute Gasteiger partial charge is 0.239 e. The first-order valence-electron chi connectivity index (χ1n) is 4.77. The molecule has 2 N–H and O–H groups in total. The molecule has 1 aliphatic rings. The fourth-order valence-corrected chi connectivity index (χ4v) is 1.95. The lowest BCUT2D eigenvalue weighted by Crippen LogP contribution is -2.31. The van der Waals surface area contributed by atoms with Crippen LogP contribution >= 0.6 is 0 Å². The van der Waals surface area contributed by atoms with Crippen molar-refractivity contribution in [3.63, 3.8) is 0 Å². The topological polar surface area (TPSA) is 46.3 Å². The summed E-state index contributed by atoms with van der Waals surface area (Å²) in [6, 6.07) is 9.83. The van der Waals surface area contributed by atoms with E-state index < -0.39 is 0 Å². The highest BCUT2D eigenvalue weighted by Crippen LogP contribution is 2.30. The number of nitrogens with zero attached hydrogens (tertiary/aromatic N) is 1. The van der Waals surface area contributed by atoms with Gasteiger partial charge in [-0.15, -0.1) is 0 Å². The fraction of sp³-hybridized carbons (Fsp3) is 0.364. The van der Waals surface area contributed by atoms with Crippen molar-refractivity contribution >= 4 is 5.91 Å². The summed E-state index contributed by atoms with van der Waals surface area (Å²) in [4.78, 5) is 13.2. The third-order valence-electron chi connectivity index (χ3n) is 2.79. The minimum absolute atomic E-state index is 0.0406. The zero-order valence-electron chi connectivity index (χ0n) is 8.18. The highest BCUT2D eigenvalue weighted by Gasteiger charge is 2.35. The molecule has 1 saturated heterocycles. The minimum Gasteiger partial charge on any atom is -0.337 e. The first kappa shape index (κ1) is 9.21. The van der Waals surface area contributed by atoms with E-state index in [2.05, 4.69) is 0 Å². The third-order valence-corrected chi connectivity index (χ3v) is 2.79. The van der Waals surface area contributed by atoms with Gasteiger partial charge in [0.05, 0.1) is 12.1 Å². The fourth-order valence-electron chi connectivity index (χ4n) is 1.95. The predicted molar refractivity (Wildman–Crippen MR) is 54.5 cm³/mol. The number of benzene rings is 1. The van der Waals surface area contributed by atoms with Crippen LogP contribution in [0.15, 0.2) is 30.3 Å². The average Bonchev–Trinajstić information content (AvgIpc) is 2.47. The van der Waals surface area contributed by atoms with Crippen LogP contribution in [0.25, 0.3) is 0 Å². The second-order valence-electron chi connectivity index (χ2n) is 3.72. The van der Waals surface area contributed by atoms with E-state index in [0.717, 1.165) is 12.0 Å². The monoisotopic (exact) mass is 190 g/mol. The Hall–Kier alpha value is -1.35. The molecule has 0 aliphatic carbocycles. The van der Waals surface area contributed by atoms with E-state index in [1.807, 2.05) is 37.4 Å². The van der Waals surface area contributed by atoms with Gasteiger partial charge in [0.2, 0.25) is 5.91 Å². The largest absolute Gasteiger partial charge is 0.337 e. The normalized spacial score (nSPS) is 27.0. The Bertz CT molecular complexity index is 336. The molecule has 0 aromatic heterocycles. The van der Waals surface area contributed by atoms with Gasteiger partial charge in [-0.25, -0.2) is 0 Å². The number of hydrogen-bond acceptors (Lipinski definition) is 2. The van der Waals surface area contributed by atoms with Crippen molar-refractivity contribution in [2.24, 2.45) is 5.73 Å².